The highest BCUT2D eigenvalue weighted by Gasteiger charge is 2.18. The van der Waals surface area contributed by atoms with Crippen LogP contribution in [-0.4, -0.2) is 42.7 Å². The van der Waals surface area contributed by atoms with Crippen molar-refractivity contribution in [1.82, 2.24) is 34.9 Å². The molecule has 8 heteroatoms. The van der Waals surface area contributed by atoms with E-state index in [0.717, 1.165) is 22.7 Å². The van der Waals surface area contributed by atoms with Gasteiger partial charge in [-0.3, -0.25) is 0 Å². The fraction of sp³-hybridized carbons (Fsp3) is 0.444. The molecule has 2 heterocycles. The highest BCUT2D eigenvalue weighted by molar-refractivity contribution is 5.77. The van der Waals surface area contributed by atoms with E-state index in [4.69, 9.17) is 0 Å². The number of imidazole rings is 1. The van der Waals surface area contributed by atoms with Crippen LogP contribution >= 0.6 is 0 Å². The summed E-state index contributed by atoms with van der Waals surface area (Å²) in [7, 11) is 1.75. The van der Waals surface area contributed by atoms with Crippen molar-refractivity contribution >= 4 is 17.1 Å². The molecule has 0 saturated carbocycles. The number of aryl methyl sites for hydroxylation is 3. The van der Waals surface area contributed by atoms with Crippen molar-refractivity contribution in [2.75, 3.05) is 7.05 Å². The van der Waals surface area contributed by atoms with Crippen molar-refractivity contribution in [2.24, 2.45) is 0 Å². The van der Waals surface area contributed by atoms with Crippen molar-refractivity contribution in [3.63, 3.8) is 0 Å². The normalized spacial score (nSPS) is 12.3. The van der Waals surface area contributed by atoms with Gasteiger partial charge in [0.1, 0.15) is 18.0 Å². The second-order valence-electron chi connectivity index (χ2n) is 6.60. The van der Waals surface area contributed by atoms with Crippen LogP contribution in [0.2, 0.25) is 0 Å². The zero-order chi connectivity index (χ0) is 18.8. The molecule has 2 N–H and O–H groups in total. The standard InChI is InChI=1S/C18H25N7O/c1-6-25-17(19-10-20-25)13(4)21-18(26)24(5)9-16-22-14-7-11(2)12(3)8-15(14)23-16/h7-8,10,13H,6,9H2,1-5H3,(H,21,26)(H,22,23). The lowest BCUT2D eigenvalue weighted by atomic mass is 10.1. The number of carbonyl (C=O) groups is 1. The SMILES string of the molecule is CCn1ncnc1C(C)NC(=O)N(C)Cc1nc2cc(C)c(C)cc2[nH]1. The molecule has 1 aromatic carbocycles. The molecule has 26 heavy (non-hydrogen) atoms. The van der Waals surface area contributed by atoms with Crippen molar-refractivity contribution in [3.05, 3.63) is 41.2 Å². The summed E-state index contributed by atoms with van der Waals surface area (Å²) in [5.41, 5.74) is 4.32. The van der Waals surface area contributed by atoms with Crippen molar-refractivity contribution in [3.8, 4) is 0 Å². The predicted molar refractivity (Wildman–Crippen MR) is 99.7 cm³/mol. The first-order valence-corrected chi connectivity index (χ1v) is 8.74. The molecule has 0 aliphatic rings. The Morgan fingerprint density at radius 3 is 2.81 bits per heavy atom. The van der Waals surface area contributed by atoms with Gasteiger partial charge in [0.2, 0.25) is 0 Å². The molecule has 2 aromatic heterocycles. The van der Waals surface area contributed by atoms with E-state index in [9.17, 15) is 4.79 Å². The van der Waals surface area contributed by atoms with Crippen molar-refractivity contribution in [2.45, 2.75) is 46.8 Å². The summed E-state index contributed by atoms with van der Waals surface area (Å²) in [5.74, 6) is 1.50. The number of aromatic amines is 1. The molecule has 3 aromatic rings. The van der Waals surface area contributed by atoms with Crippen LogP contribution in [0.4, 0.5) is 4.79 Å². The topological polar surface area (TPSA) is 91.7 Å². The zero-order valence-electron chi connectivity index (χ0n) is 15.9. The molecule has 0 radical (unpaired) electrons. The van der Waals surface area contributed by atoms with E-state index < -0.39 is 0 Å². The molecular formula is C18H25N7O. The number of rotatable bonds is 5. The van der Waals surface area contributed by atoms with Crippen molar-refractivity contribution < 1.29 is 4.79 Å². The number of nitrogens with zero attached hydrogens (tertiary/aromatic N) is 5. The quantitative estimate of drug-likeness (QED) is 0.736. The predicted octanol–water partition coefficient (Wildman–Crippen LogP) is 2.69. The highest BCUT2D eigenvalue weighted by Crippen LogP contribution is 2.18. The minimum Gasteiger partial charge on any atom is -0.340 e. The molecule has 0 fully saturated rings. The first-order chi connectivity index (χ1) is 12.4. The van der Waals surface area contributed by atoms with Crippen LogP contribution in [0.3, 0.4) is 0 Å². The molecular weight excluding hydrogens is 330 g/mol. The van der Waals surface area contributed by atoms with Crippen LogP contribution in [0.15, 0.2) is 18.5 Å². The number of carbonyl (C=O) groups excluding carboxylic acids is 1. The Bertz CT molecular complexity index is 888. The molecule has 8 nitrogen and oxygen atoms in total. The second kappa shape index (κ2) is 7.15. The molecule has 0 saturated heterocycles. The number of nitrogens with one attached hydrogen (secondary N) is 2. The van der Waals surface area contributed by atoms with Gasteiger partial charge in [-0.25, -0.2) is 19.4 Å². The first kappa shape index (κ1) is 17.9. The van der Waals surface area contributed by atoms with Crippen LogP contribution in [0.1, 0.15) is 42.7 Å². The Labute approximate surface area is 152 Å². The number of benzene rings is 1. The van der Waals surface area contributed by atoms with Gasteiger partial charge >= 0.3 is 6.03 Å². The number of H-pyrrole nitrogens is 1. The second-order valence-corrected chi connectivity index (χ2v) is 6.60. The summed E-state index contributed by atoms with van der Waals surface area (Å²) in [6.07, 6.45) is 1.50. The van der Waals surface area contributed by atoms with Gasteiger partial charge in [0, 0.05) is 13.6 Å². The van der Waals surface area contributed by atoms with Gasteiger partial charge in [0.05, 0.1) is 23.6 Å². The number of urea groups is 1. The Morgan fingerprint density at radius 2 is 2.08 bits per heavy atom. The van der Waals surface area contributed by atoms with E-state index >= 15 is 0 Å². The molecule has 3 rings (SSSR count). The number of aromatic nitrogens is 5. The van der Waals surface area contributed by atoms with Crippen LogP contribution < -0.4 is 5.32 Å². The summed E-state index contributed by atoms with van der Waals surface area (Å²) in [6.45, 7) is 9.14. The van der Waals surface area contributed by atoms with Gasteiger partial charge in [-0.05, 0) is 51.0 Å². The van der Waals surface area contributed by atoms with Crippen molar-refractivity contribution in [1.29, 1.82) is 0 Å². The fourth-order valence-corrected chi connectivity index (χ4v) is 2.91. The average molecular weight is 355 g/mol. The van der Waals surface area contributed by atoms with E-state index in [2.05, 4.69) is 51.3 Å². The molecule has 0 bridgehead atoms. The van der Waals surface area contributed by atoms with Gasteiger partial charge in [-0.2, -0.15) is 5.10 Å². The maximum Gasteiger partial charge on any atom is 0.318 e. The molecule has 0 aliphatic carbocycles. The maximum atomic E-state index is 12.5. The number of fused-ring (bicyclic) bond motifs is 1. The molecule has 138 valence electrons. The third-order valence-electron chi connectivity index (χ3n) is 4.55. The summed E-state index contributed by atoms with van der Waals surface area (Å²) in [6, 6.07) is 3.73. The summed E-state index contributed by atoms with van der Waals surface area (Å²) in [4.78, 5) is 26.2. The maximum absolute atomic E-state index is 12.5. The molecule has 0 aliphatic heterocycles. The van der Waals surface area contributed by atoms with Gasteiger partial charge in [0.25, 0.3) is 0 Å². The first-order valence-electron chi connectivity index (χ1n) is 8.74. The van der Waals surface area contributed by atoms with Gasteiger partial charge in [-0.15, -0.1) is 0 Å². The summed E-state index contributed by atoms with van der Waals surface area (Å²) in [5, 5.41) is 7.09. The highest BCUT2D eigenvalue weighted by atomic mass is 16.2. The monoisotopic (exact) mass is 355 g/mol. The minimum absolute atomic E-state index is 0.184. The van der Waals surface area contributed by atoms with E-state index in [0.29, 0.717) is 13.1 Å². The minimum atomic E-state index is -0.228. The van der Waals surface area contributed by atoms with Crippen LogP contribution in [0, 0.1) is 13.8 Å². The average Bonchev–Trinajstić information content (AvgIpc) is 3.21. The number of hydrogen-bond donors (Lipinski definition) is 2. The molecule has 2 amide bonds. The van der Waals surface area contributed by atoms with E-state index in [1.54, 1.807) is 16.6 Å². The summed E-state index contributed by atoms with van der Waals surface area (Å²) >= 11 is 0. The summed E-state index contributed by atoms with van der Waals surface area (Å²) < 4.78 is 1.77. The Morgan fingerprint density at radius 1 is 1.35 bits per heavy atom. The van der Waals surface area contributed by atoms with Crippen LogP contribution in [0.5, 0.6) is 0 Å². The fourth-order valence-electron chi connectivity index (χ4n) is 2.91. The third kappa shape index (κ3) is 3.54. The molecule has 1 atom stereocenters. The lowest BCUT2D eigenvalue weighted by Gasteiger charge is -2.20. The largest absolute Gasteiger partial charge is 0.340 e. The number of hydrogen-bond acceptors (Lipinski definition) is 4. The van der Waals surface area contributed by atoms with E-state index in [1.165, 1.54) is 17.5 Å². The van der Waals surface area contributed by atoms with Gasteiger partial charge in [-0.1, -0.05) is 0 Å². The zero-order valence-corrected chi connectivity index (χ0v) is 15.9. The Kier molecular flexibility index (Phi) is 4.92. The number of amides is 2. The van der Waals surface area contributed by atoms with Gasteiger partial charge in [0.15, 0.2) is 0 Å². The Balaban J connectivity index is 1.67. The third-order valence-corrected chi connectivity index (χ3v) is 4.55. The lowest BCUT2D eigenvalue weighted by Crippen LogP contribution is -2.39. The molecule has 0 spiro atoms. The smallest absolute Gasteiger partial charge is 0.318 e. The Hall–Kier alpha value is -2.90. The van der Waals surface area contributed by atoms with E-state index in [-0.39, 0.29) is 12.1 Å². The van der Waals surface area contributed by atoms with Crippen LogP contribution in [0.25, 0.3) is 11.0 Å². The van der Waals surface area contributed by atoms with Gasteiger partial charge < -0.3 is 15.2 Å². The van der Waals surface area contributed by atoms with E-state index in [1.807, 2.05) is 13.8 Å². The lowest BCUT2D eigenvalue weighted by molar-refractivity contribution is 0.201. The molecule has 1 unspecified atom stereocenters. The van der Waals surface area contributed by atoms with Crippen LogP contribution in [-0.2, 0) is 13.1 Å².